The molecule has 0 radical (unpaired) electrons. The molecule has 1 aromatic heterocycles. The lowest BCUT2D eigenvalue weighted by molar-refractivity contribution is 0.650. The van der Waals surface area contributed by atoms with Gasteiger partial charge in [-0.15, -0.1) is 0 Å². The fourth-order valence-corrected chi connectivity index (χ4v) is 1.62. The molecule has 0 saturated carbocycles. The van der Waals surface area contributed by atoms with Crippen LogP contribution < -0.4 is 10.6 Å². The molecule has 90 valence electrons. The molecular formula is C13H18N4. The molecule has 1 heterocycles. The molecule has 4 nitrogen and oxygen atoms in total. The summed E-state index contributed by atoms with van der Waals surface area (Å²) in [6, 6.07) is 10.1. The van der Waals surface area contributed by atoms with Crippen molar-refractivity contribution in [2.75, 3.05) is 20.1 Å². The van der Waals surface area contributed by atoms with Crippen LogP contribution in [0.2, 0.25) is 0 Å². The monoisotopic (exact) mass is 230 g/mol. The third-order valence-corrected chi connectivity index (χ3v) is 2.54. The summed E-state index contributed by atoms with van der Waals surface area (Å²) < 4.78 is 1.90. The number of hydrogen-bond acceptors (Lipinski definition) is 3. The highest BCUT2D eigenvalue weighted by atomic mass is 15.3. The van der Waals surface area contributed by atoms with E-state index in [4.69, 9.17) is 0 Å². The van der Waals surface area contributed by atoms with Crippen LogP contribution in [0.15, 0.2) is 42.7 Å². The highest BCUT2D eigenvalue weighted by Gasteiger charge is 1.99. The summed E-state index contributed by atoms with van der Waals surface area (Å²) >= 11 is 0. The molecule has 0 spiro atoms. The maximum Gasteiger partial charge on any atom is 0.0645 e. The Morgan fingerprint density at radius 3 is 2.76 bits per heavy atom. The summed E-state index contributed by atoms with van der Waals surface area (Å²) in [7, 11) is 1.95. The molecule has 0 bridgehead atoms. The van der Waals surface area contributed by atoms with Crippen molar-refractivity contribution < 1.29 is 0 Å². The lowest BCUT2D eigenvalue weighted by Crippen LogP contribution is -2.24. The molecule has 0 unspecified atom stereocenters. The quantitative estimate of drug-likeness (QED) is 0.732. The first-order valence-electron chi connectivity index (χ1n) is 5.84. The Balaban J connectivity index is 1.92. The molecular weight excluding hydrogens is 212 g/mol. The highest BCUT2D eigenvalue weighted by molar-refractivity contribution is 5.30. The third kappa shape index (κ3) is 3.41. The first kappa shape index (κ1) is 11.8. The second-order valence-corrected chi connectivity index (χ2v) is 3.91. The van der Waals surface area contributed by atoms with Crippen molar-refractivity contribution in [2.45, 2.75) is 6.54 Å². The van der Waals surface area contributed by atoms with E-state index in [0.29, 0.717) is 0 Å². The van der Waals surface area contributed by atoms with E-state index in [2.05, 4.69) is 21.9 Å². The van der Waals surface area contributed by atoms with Crippen molar-refractivity contribution in [1.82, 2.24) is 20.4 Å². The SMILES string of the molecule is CNCCNCc1cnn(-c2ccccc2)c1. The molecule has 2 rings (SSSR count). The highest BCUT2D eigenvalue weighted by Crippen LogP contribution is 2.07. The van der Waals surface area contributed by atoms with E-state index in [-0.39, 0.29) is 0 Å². The average molecular weight is 230 g/mol. The second-order valence-electron chi connectivity index (χ2n) is 3.91. The molecule has 17 heavy (non-hydrogen) atoms. The lowest BCUT2D eigenvalue weighted by Gasteiger charge is -2.01. The van der Waals surface area contributed by atoms with Crippen molar-refractivity contribution in [3.63, 3.8) is 0 Å². The van der Waals surface area contributed by atoms with Gasteiger partial charge in [0.05, 0.1) is 11.9 Å². The third-order valence-electron chi connectivity index (χ3n) is 2.54. The summed E-state index contributed by atoms with van der Waals surface area (Å²) in [4.78, 5) is 0. The van der Waals surface area contributed by atoms with Crippen molar-refractivity contribution in [3.05, 3.63) is 48.3 Å². The Morgan fingerprint density at radius 2 is 2.00 bits per heavy atom. The Bertz CT molecular complexity index is 436. The van der Waals surface area contributed by atoms with E-state index < -0.39 is 0 Å². The summed E-state index contributed by atoms with van der Waals surface area (Å²) in [5, 5.41) is 10.8. The van der Waals surface area contributed by atoms with Crippen LogP contribution in [-0.2, 0) is 6.54 Å². The molecule has 2 aromatic rings. The number of benzene rings is 1. The van der Waals surface area contributed by atoms with Crippen LogP contribution in [-0.4, -0.2) is 29.9 Å². The first-order valence-corrected chi connectivity index (χ1v) is 5.84. The Morgan fingerprint density at radius 1 is 1.18 bits per heavy atom. The maximum absolute atomic E-state index is 4.35. The van der Waals surface area contributed by atoms with E-state index in [1.165, 1.54) is 5.56 Å². The summed E-state index contributed by atoms with van der Waals surface area (Å²) in [5.41, 5.74) is 2.29. The minimum Gasteiger partial charge on any atom is -0.318 e. The normalized spacial score (nSPS) is 10.6. The summed E-state index contributed by atoms with van der Waals surface area (Å²) in [5.74, 6) is 0. The van der Waals surface area contributed by atoms with E-state index in [0.717, 1.165) is 25.3 Å². The van der Waals surface area contributed by atoms with E-state index in [9.17, 15) is 0 Å². The van der Waals surface area contributed by atoms with Gasteiger partial charge in [0.2, 0.25) is 0 Å². The van der Waals surface area contributed by atoms with Gasteiger partial charge in [-0.05, 0) is 19.2 Å². The van der Waals surface area contributed by atoms with Crippen molar-refractivity contribution in [3.8, 4) is 5.69 Å². The van der Waals surface area contributed by atoms with Crippen molar-refractivity contribution in [1.29, 1.82) is 0 Å². The maximum atomic E-state index is 4.35. The Labute approximate surface area is 102 Å². The van der Waals surface area contributed by atoms with Crippen LogP contribution in [0.3, 0.4) is 0 Å². The van der Waals surface area contributed by atoms with Crippen LogP contribution in [0.25, 0.3) is 5.69 Å². The molecule has 0 aliphatic carbocycles. The number of hydrogen-bond donors (Lipinski definition) is 2. The molecule has 0 aliphatic heterocycles. The zero-order valence-electron chi connectivity index (χ0n) is 10.1. The van der Waals surface area contributed by atoms with E-state index >= 15 is 0 Å². The van der Waals surface area contributed by atoms with E-state index in [1.807, 2.05) is 48.3 Å². The summed E-state index contributed by atoms with van der Waals surface area (Å²) in [6.45, 7) is 2.80. The van der Waals surface area contributed by atoms with Gasteiger partial charge in [-0.2, -0.15) is 5.10 Å². The molecule has 1 aromatic carbocycles. The number of aromatic nitrogens is 2. The van der Waals surface area contributed by atoms with Crippen LogP contribution in [0.5, 0.6) is 0 Å². The van der Waals surface area contributed by atoms with Gasteiger partial charge >= 0.3 is 0 Å². The second kappa shape index (κ2) is 6.18. The number of rotatable bonds is 6. The van der Waals surface area contributed by atoms with Gasteiger partial charge in [0, 0.05) is 31.4 Å². The van der Waals surface area contributed by atoms with Gasteiger partial charge in [0.15, 0.2) is 0 Å². The smallest absolute Gasteiger partial charge is 0.0645 e. The lowest BCUT2D eigenvalue weighted by atomic mass is 10.3. The predicted molar refractivity (Wildman–Crippen MR) is 69.2 cm³/mol. The van der Waals surface area contributed by atoms with Crippen molar-refractivity contribution in [2.24, 2.45) is 0 Å². The fourth-order valence-electron chi connectivity index (χ4n) is 1.62. The predicted octanol–water partition coefficient (Wildman–Crippen LogP) is 1.18. The number of nitrogens with one attached hydrogen (secondary N) is 2. The fraction of sp³-hybridized carbons (Fsp3) is 0.308. The minimum atomic E-state index is 0.856. The van der Waals surface area contributed by atoms with Gasteiger partial charge < -0.3 is 10.6 Å². The van der Waals surface area contributed by atoms with Gasteiger partial charge in [0.1, 0.15) is 0 Å². The van der Waals surface area contributed by atoms with Crippen molar-refractivity contribution >= 4 is 0 Å². The molecule has 0 aliphatic rings. The number of nitrogens with zero attached hydrogens (tertiary/aromatic N) is 2. The Hall–Kier alpha value is -1.65. The van der Waals surface area contributed by atoms with Crippen LogP contribution >= 0.6 is 0 Å². The molecule has 0 fully saturated rings. The van der Waals surface area contributed by atoms with Crippen LogP contribution in [0.4, 0.5) is 0 Å². The summed E-state index contributed by atoms with van der Waals surface area (Å²) in [6.07, 6.45) is 3.96. The largest absolute Gasteiger partial charge is 0.318 e. The Kier molecular flexibility index (Phi) is 4.30. The van der Waals surface area contributed by atoms with Crippen LogP contribution in [0, 0.1) is 0 Å². The van der Waals surface area contributed by atoms with Crippen LogP contribution in [0.1, 0.15) is 5.56 Å². The van der Waals surface area contributed by atoms with Gasteiger partial charge in [-0.1, -0.05) is 18.2 Å². The average Bonchev–Trinajstić information content (AvgIpc) is 2.85. The number of likely N-dealkylation sites (N-methyl/N-ethyl adjacent to an activating group) is 1. The molecule has 0 atom stereocenters. The molecule has 4 heteroatoms. The zero-order valence-corrected chi connectivity index (χ0v) is 10.1. The van der Waals surface area contributed by atoms with Gasteiger partial charge in [-0.3, -0.25) is 0 Å². The molecule has 0 amide bonds. The number of para-hydroxylation sites is 1. The first-order chi connectivity index (χ1) is 8.40. The standard InChI is InChI=1S/C13H18N4/c1-14-7-8-15-9-12-10-16-17(11-12)13-5-3-2-4-6-13/h2-6,10-11,14-15H,7-9H2,1H3. The minimum absolute atomic E-state index is 0.856. The molecule has 0 saturated heterocycles. The zero-order chi connectivity index (χ0) is 11.9. The van der Waals surface area contributed by atoms with E-state index in [1.54, 1.807) is 0 Å². The van der Waals surface area contributed by atoms with Gasteiger partial charge in [-0.25, -0.2) is 4.68 Å². The topological polar surface area (TPSA) is 41.9 Å². The van der Waals surface area contributed by atoms with Gasteiger partial charge in [0.25, 0.3) is 0 Å². The molecule has 2 N–H and O–H groups in total.